The number of guanidine groups is 1. The van der Waals surface area contributed by atoms with Crippen LogP contribution in [-0.2, 0) is 10.4 Å². The molecule has 0 rings (SSSR count). The molecule has 0 spiro atoms. The van der Waals surface area contributed by atoms with Gasteiger partial charge in [0.2, 0.25) is 0 Å². The standard InChI is InChI=1S/C5H13N3.H2O4S/c1-7(2)5(6)8(3)4;1-5(2,3)4/h6H,1-4H3;(H2,1,2,3,4)/p+1. The molecule has 0 aliphatic carbocycles. The number of hydrogen-bond donors (Lipinski definition) is 3. The van der Waals surface area contributed by atoms with Gasteiger partial charge >= 0.3 is 16.4 Å². The molecule has 4 N–H and O–H groups in total. The maximum atomic E-state index is 8.74. The lowest BCUT2D eigenvalue weighted by Gasteiger charge is -2.04. The summed E-state index contributed by atoms with van der Waals surface area (Å²) in [4.78, 5) is 1.86. The van der Waals surface area contributed by atoms with Crippen molar-refractivity contribution in [1.82, 2.24) is 4.90 Å². The molecule has 0 aromatic carbocycles. The Bertz CT molecular complexity index is 258. The van der Waals surface area contributed by atoms with Gasteiger partial charge in [0.05, 0.1) is 28.2 Å². The van der Waals surface area contributed by atoms with Crippen LogP contribution in [0.3, 0.4) is 0 Å². The molecular weight excluding hydrogens is 198 g/mol. The van der Waals surface area contributed by atoms with Crippen molar-refractivity contribution in [3.8, 4) is 0 Å². The minimum Gasteiger partial charge on any atom is -0.291 e. The van der Waals surface area contributed by atoms with Gasteiger partial charge < -0.3 is 0 Å². The summed E-state index contributed by atoms with van der Waals surface area (Å²) in [5.74, 6) is 0.769. The monoisotopic (exact) mass is 214 g/mol. The highest BCUT2D eigenvalue weighted by molar-refractivity contribution is 7.79. The minimum absolute atomic E-state index is 0.769. The van der Waals surface area contributed by atoms with Gasteiger partial charge in [-0.2, -0.15) is 8.42 Å². The highest BCUT2D eigenvalue weighted by atomic mass is 32.3. The fraction of sp³-hybridized carbons (Fsp3) is 0.800. The maximum Gasteiger partial charge on any atom is 0.394 e. The van der Waals surface area contributed by atoms with Crippen LogP contribution in [0.2, 0.25) is 0 Å². The predicted octanol–water partition coefficient (Wildman–Crippen LogP) is -1.52. The Morgan fingerprint density at radius 3 is 1.54 bits per heavy atom. The van der Waals surface area contributed by atoms with E-state index in [-0.39, 0.29) is 0 Å². The average Bonchev–Trinajstić information content (AvgIpc) is 1.81. The summed E-state index contributed by atoms with van der Waals surface area (Å²) in [6.07, 6.45) is 0. The van der Waals surface area contributed by atoms with E-state index in [9.17, 15) is 0 Å². The lowest BCUT2D eigenvalue weighted by molar-refractivity contribution is -0.470. The third-order valence-electron chi connectivity index (χ3n) is 0.916. The number of hydrogen-bond acceptors (Lipinski definition) is 2. The van der Waals surface area contributed by atoms with Crippen LogP contribution in [0.25, 0.3) is 0 Å². The van der Waals surface area contributed by atoms with Crippen LogP contribution in [0.15, 0.2) is 0 Å². The summed E-state index contributed by atoms with van der Waals surface area (Å²) in [7, 11) is 2.98. The molecule has 0 saturated heterocycles. The molecule has 0 atom stereocenters. The van der Waals surface area contributed by atoms with Gasteiger partial charge in [-0.15, -0.1) is 0 Å². The minimum atomic E-state index is -4.67. The van der Waals surface area contributed by atoms with Gasteiger partial charge in [-0.1, -0.05) is 0 Å². The summed E-state index contributed by atoms with van der Waals surface area (Å²) in [5.41, 5.74) is 5.53. The van der Waals surface area contributed by atoms with Gasteiger partial charge in [0.25, 0.3) is 0 Å². The number of nitrogens with two attached hydrogens (primary N) is 1. The summed E-state index contributed by atoms with van der Waals surface area (Å²) in [6, 6.07) is 0. The molecule has 0 aliphatic heterocycles. The van der Waals surface area contributed by atoms with Gasteiger partial charge in [-0.05, 0) is 0 Å². The first-order valence-electron chi connectivity index (χ1n) is 3.22. The van der Waals surface area contributed by atoms with E-state index in [1.807, 2.05) is 37.7 Å². The van der Waals surface area contributed by atoms with Crippen LogP contribution in [0.1, 0.15) is 0 Å². The van der Waals surface area contributed by atoms with Crippen LogP contribution in [0, 0.1) is 0 Å². The number of nitrogens with zero attached hydrogens (tertiary/aromatic N) is 2. The summed E-state index contributed by atoms with van der Waals surface area (Å²) in [5, 5.41) is 0. The van der Waals surface area contributed by atoms with Crippen LogP contribution < -0.4 is 5.73 Å². The predicted molar refractivity (Wildman–Crippen MR) is 49.2 cm³/mol. The molecule has 0 unspecified atom stereocenters. The van der Waals surface area contributed by atoms with Crippen molar-refractivity contribution in [2.45, 2.75) is 0 Å². The van der Waals surface area contributed by atoms with Crippen molar-refractivity contribution in [3.05, 3.63) is 0 Å². The van der Waals surface area contributed by atoms with Crippen LogP contribution >= 0.6 is 0 Å². The maximum absolute atomic E-state index is 8.74. The van der Waals surface area contributed by atoms with Gasteiger partial charge in [-0.3, -0.25) is 24.3 Å². The van der Waals surface area contributed by atoms with E-state index in [0.29, 0.717) is 0 Å². The first-order chi connectivity index (χ1) is 5.55. The fourth-order valence-corrected chi connectivity index (χ4v) is 0.400. The molecule has 0 amide bonds. The smallest absolute Gasteiger partial charge is 0.291 e. The van der Waals surface area contributed by atoms with Crippen LogP contribution in [0.4, 0.5) is 0 Å². The third-order valence-corrected chi connectivity index (χ3v) is 0.916. The van der Waals surface area contributed by atoms with Crippen molar-refractivity contribution >= 4 is 16.4 Å². The Morgan fingerprint density at radius 1 is 1.31 bits per heavy atom. The van der Waals surface area contributed by atoms with E-state index < -0.39 is 10.4 Å². The van der Waals surface area contributed by atoms with Gasteiger partial charge in [0, 0.05) is 0 Å². The molecule has 0 radical (unpaired) electrons. The molecule has 0 aromatic rings. The number of rotatable bonds is 0. The first kappa shape index (κ1) is 14.7. The molecule has 0 saturated carbocycles. The molecule has 0 heterocycles. The molecule has 7 nitrogen and oxygen atoms in total. The van der Waals surface area contributed by atoms with Crippen LogP contribution in [-0.4, -0.2) is 61.1 Å². The lowest BCUT2D eigenvalue weighted by Crippen LogP contribution is -2.36. The molecule has 0 fully saturated rings. The average molecular weight is 214 g/mol. The Kier molecular flexibility index (Phi) is 6.46. The lowest BCUT2D eigenvalue weighted by atomic mass is 10.8. The zero-order valence-corrected chi connectivity index (χ0v) is 8.91. The van der Waals surface area contributed by atoms with Gasteiger partial charge in [0.15, 0.2) is 0 Å². The Morgan fingerprint density at radius 2 is 1.54 bits per heavy atom. The molecule has 80 valence electrons. The van der Waals surface area contributed by atoms with Crippen molar-refractivity contribution in [2.75, 3.05) is 28.2 Å². The quantitative estimate of drug-likeness (QED) is 0.196. The summed E-state index contributed by atoms with van der Waals surface area (Å²) < 4.78 is 33.4. The van der Waals surface area contributed by atoms with Crippen molar-refractivity contribution in [2.24, 2.45) is 5.73 Å². The second-order valence-electron chi connectivity index (χ2n) is 2.59. The summed E-state index contributed by atoms with van der Waals surface area (Å²) >= 11 is 0. The summed E-state index contributed by atoms with van der Waals surface area (Å²) in [6.45, 7) is 0. The second kappa shape index (κ2) is 5.73. The van der Waals surface area contributed by atoms with E-state index in [4.69, 9.17) is 23.3 Å². The molecule has 0 aromatic heterocycles. The van der Waals surface area contributed by atoms with Crippen molar-refractivity contribution in [3.63, 3.8) is 0 Å². The first-order valence-corrected chi connectivity index (χ1v) is 4.62. The molecule has 0 aliphatic rings. The second-order valence-corrected chi connectivity index (χ2v) is 3.49. The topological polar surface area (TPSA) is 107 Å². The van der Waals surface area contributed by atoms with Gasteiger partial charge in [-0.25, -0.2) is 0 Å². The zero-order chi connectivity index (χ0) is 11.2. The zero-order valence-electron chi connectivity index (χ0n) is 8.09. The third kappa shape index (κ3) is 18.3. The molecule has 13 heavy (non-hydrogen) atoms. The molecule has 0 bridgehead atoms. The van der Waals surface area contributed by atoms with E-state index in [0.717, 1.165) is 5.96 Å². The normalized spacial score (nSPS) is 9.69. The molecular formula is C5H16N3O4S+. The largest absolute Gasteiger partial charge is 0.394 e. The van der Waals surface area contributed by atoms with Crippen LogP contribution in [0.5, 0.6) is 0 Å². The van der Waals surface area contributed by atoms with E-state index in [1.165, 1.54) is 0 Å². The van der Waals surface area contributed by atoms with E-state index in [2.05, 4.69) is 0 Å². The van der Waals surface area contributed by atoms with Crippen molar-refractivity contribution < 1.29 is 22.1 Å². The SMILES string of the molecule is CN(C)C(N)=[N+](C)C.O=S(=O)(O)O. The Balaban J connectivity index is 0. The Labute approximate surface area is 78.0 Å². The fourth-order valence-electron chi connectivity index (χ4n) is 0.400. The van der Waals surface area contributed by atoms with E-state index >= 15 is 0 Å². The van der Waals surface area contributed by atoms with E-state index in [1.54, 1.807) is 0 Å². The van der Waals surface area contributed by atoms with Gasteiger partial charge in [0.1, 0.15) is 0 Å². The molecule has 8 heteroatoms. The highest BCUT2D eigenvalue weighted by Gasteiger charge is 2.00. The Hall–Kier alpha value is -0.860. The van der Waals surface area contributed by atoms with Crippen molar-refractivity contribution in [1.29, 1.82) is 0 Å². The highest BCUT2D eigenvalue weighted by Crippen LogP contribution is 1.68.